The Morgan fingerprint density at radius 2 is 1.83 bits per heavy atom. The highest BCUT2D eigenvalue weighted by atomic mass is 35.5. The van der Waals surface area contributed by atoms with E-state index in [1.165, 1.54) is 0 Å². The van der Waals surface area contributed by atoms with Gasteiger partial charge >= 0.3 is 0 Å². The first-order valence-corrected chi connectivity index (χ1v) is 7.35. The Kier molecular flexibility index (Phi) is 6.20. The number of nitrogens with zero attached hydrogens (tertiary/aromatic N) is 2. The Morgan fingerprint density at radius 3 is 2.61 bits per heavy atom. The van der Waals surface area contributed by atoms with Gasteiger partial charge in [-0.05, 0) is 23.3 Å². The van der Waals surface area contributed by atoms with Crippen molar-refractivity contribution in [3.05, 3.63) is 72.6 Å². The number of halogens is 1. The largest absolute Gasteiger partial charge is 0.489 e. The van der Waals surface area contributed by atoms with Crippen molar-refractivity contribution in [1.29, 1.82) is 0 Å². The fraction of sp³-hybridized carbons (Fsp3) is 0.167. The van der Waals surface area contributed by atoms with E-state index in [9.17, 15) is 0 Å². The summed E-state index contributed by atoms with van der Waals surface area (Å²) in [7, 11) is 0. The fourth-order valence-corrected chi connectivity index (χ4v) is 2.27. The molecule has 1 aromatic heterocycles. The minimum absolute atomic E-state index is 0. The summed E-state index contributed by atoms with van der Waals surface area (Å²) >= 11 is 0. The molecule has 0 saturated heterocycles. The molecule has 5 heteroatoms. The van der Waals surface area contributed by atoms with Crippen molar-refractivity contribution in [2.45, 2.75) is 13.2 Å². The molecule has 120 valence electrons. The van der Waals surface area contributed by atoms with Crippen LogP contribution in [-0.4, -0.2) is 16.3 Å². The van der Waals surface area contributed by atoms with Crippen LogP contribution in [0, 0.1) is 0 Å². The van der Waals surface area contributed by atoms with E-state index < -0.39 is 0 Å². The van der Waals surface area contributed by atoms with E-state index in [4.69, 9.17) is 10.5 Å². The zero-order valence-electron chi connectivity index (χ0n) is 12.8. The third kappa shape index (κ3) is 4.58. The molecular formula is C18H20ClN3O. The SMILES string of the molecule is Cl.NCCn1cc(-c2cccc(OCc3ccccc3)c2)cn1. The molecule has 2 aromatic carbocycles. The third-order valence-electron chi connectivity index (χ3n) is 3.41. The van der Waals surface area contributed by atoms with Crippen LogP contribution in [0.5, 0.6) is 5.75 Å². The Labute approximate surface area is 142 Å². The van der Waals surface area contributed by atoms with Crippen molar-refractivity contribution in [3.8, 4) is 16.9 Å². The van der Waals surface area contributed by atoms with Gasteiger partial charge in [0.1, 0.15) is 12.4 Å². The van der Waals surface area contributed by atoms with Crippen LogP contribution >= 0.6 is 12.4 Å². The molecule has 0 atom stereocenters. The Bertz CT molecular complexity index is 728. The summed E-state index contributed by atoms with van der Waals surface area (Å²) in [6.45, 7) is 1.88. The maximum absolute atomic E-state index is 5.86. The van der Waals surface area contributed by atoms with Crippen molar-refractivity contribution in [2.75, 3.05) is 6.54 Å². The molecule has 4 nitrogen and oxygen atoms in total. The lowest BCUT2D eigenvalue weighted by Crippen LogP contribution is -2.09. The van der Waals surface area contributed by atoms with Crippen LogP contribution < -0.4 is 10.5 Å². The molecule has 0 aliphatic carbocycles. The molecule has 23 heavy (non-hydrogen) atoms. The Hall–Kier alpha value is -2.30. The molecule has 0 bridgehead atoms. The van der Waals surface area contributed by atoms with Gasteiger partial charge in [-0.3, -0.25) is 4.68 Å². The quantitative estimate of drug-likeness (QED) is 0.753. The van der Waals surface area contributed by atoms with E-state index in [2.05, 4.69) is 23.3 Å². The molecule has 0 radical (unpaired) electrons. The lowest BCUT2D eigenvalue weighted by Gasteiger charge is -2.07. The van der Waals surface area contributed by atoms with Crippen LogP contribution in [0.15, 0.2) is 67.0 Å². The van der Waals surface area contributed by atoms with Crippen LogP contribution in [0.2, 0.25) is 0 Å². The Morgan fingerprint density at radius 1 is 1.00 bits per heavy atom. The van der Waals surface area contributed by atoms with E-state index >= 15 is 0 Å². The summed E-state index contributed by atoms with van der Waals surface area (Å²) in [5, 5.41) is 4.30. The number of ether oxygens (including phenoxy) is 1. The summed E-state index contributed by atoms with van der Waals surface area (Å²) in [5.74, 6) is 0.855. The highest BCUT2D eigenvalue weighted by Crippen LogP contribution is 2.24. The monoisotopic (exact) mass is 329 g/mol. The van der Waals surface area contributed by atoms with Crippen LogP contribution in [0.1, 0.15) is 5.56 Å². The van der Waals surface area contributed by atoms with Crippen LogP contribution in [0.4, 0.5) is 0 Å². The second-order valence-corrected chi connectivity index (χ2v) is 5.08. The van der Waals surface area contributed by atoms with Gasteiger partial charge in [0.25, 0.3) is 0 Å². The molecule has 0 saturated carbocycles. The van der Waals surface area contributed by atoms with Crippen molar-refractivity contribution in [1.82, 2.24) is 9.78 Å². The summed E-state index contributed by atoms with van der Waals surface area (Å²) in [6.07, 6.45) is 3.86. The lowest BCUT2D eigenvalue weighted by atomic mass is 10.1. The zero-order chi connectivity index (χ0) is 15.2. The first kappa shape index (κ1) is 17.1. The summed E-state index contributed by atoms with van der Waals surface area (Å²) in [5.41, 5.74) is 8.86. The second-order valence-electron chi connectivity index (χ2n) is 5.08. The number of nitrogens with two attached hydrogens (primary N) is 1. The molecule has 2 N–H and O–H groups in total. The molecule has 0 amide bonds. The first-order valence-electron chi connectivity index (χ1n) is 7.35. The van der Waals surface area contributed by atoms with Gasteiger partial charge in [0, 0.05) is 18.3 Å². The van der Waals surface area contributed by atoms with Gasteiger partial charge in [0.15, 0.2) is 0 Å². The number of rotatable bonds is 6. The van der Waals surface area contributed by atoms with Gasteiger partial charge < -0.3 is 10.5 Å². The normalized spacial score (nSPS) is 10.1. The van der Waals surface area contributed by atoms with E-state index in [1.54, 1.807) is 0 Å². The third-order valence-corrected chi connectivity index (χ3v) is 3.41. The summed E-state index contributed by atoms with van der Waals surface area (Å²) in [6, 6.07) is 18.2. The second kappa shape index (κ2) is 8.36. The minimum Gasteiger partial charge on any atom is -0.489 e. The molecule has 0 aliphatic rings. The van der Waals surface area contributed by atoms with E-state index in [0.717, 1.165) is 29.0 Å². The highest BCUT2D eigenvalue weighted by Gasteiger charge is 2.03. The van der Waals surface area contributed by atoms with Crippen molar-refractivity contribution < 1.29 is 4.74 Å². The van der Waals surface area contributed by atoms with Crippen molar-refractivity contribution in [3.63, 3.8) is 0 Å². The topological polar surface area (TPSA) is 53.1 Å². The minimum atomic E-state index is 0. The standard InChI is InChI=1S/C18H19N3O.ClH/c19-9-10-21-13-17(12-20-21)16-7-4-8-18(11-16)22-14-15-5-2-1-3-6-15;/h1-8,11-13H,9-10,14,19H2;1H. The zero-order valence-corrected chi connectivity index (χ0v) is 13.6. The Balaban J connectivity index is 0.00000192. The summed E-state index contributed by atoms with van der Waals surface area (Å²) in [4.78, 5) is 0. The number of hydrogen-bond acceptors (Lipinski definition) is 3. The van der Waals surface area contributed by atoms with Gasteiger partial charge in [-0.2, -0.15) is 5.10 Å². The molecule has 0 aliphatic heterocycles. The molecule has 1 heterocycles. The predicted molar refractivity (Wildman–Crippen MR) is 94.7 cm³/mol. The van der Waals surface area contributed by atoms with E-state index in [-0.39, 0.29) is 12.4 Å². The molecule has 3 rings (SSSR count). The van der Waals surface area contributed by atoms with E-state index in [0.29, 0.717) is 13.2 Å². The number of aromatic nitrogens is 2. The van der Waals surface area contributed by atoms with Gasteiger partial charge in [0.2, 0.25) is 0 Å². The average Bonchev–Trinajstić information content (AvgIpc) is 3.03. The average molecular weight is 330 g/mol. The first-order chi connectivity index (χ1) is 10.8. The molecule has 3 aromatic rings. The number of benzene rings is 2. The van der Waals surface area contributed by atoms with Crippen molar-refractivity contribution in [2.24, 2.45) is 5.73 Å². The molecule has 0 fully saturated rings. The van der Waals surface area contributed by atoms with E-state index in [1.807, 2.05) is 53.5 Å². The maximum Gasteiger partial charge on any atom is 0.120 e. The van der Waals surface area contributed by atoms with Gasteiger partial charge in [-0.25, -0.2) is 0 Å². The van der Waals surface area contributed by atoms with Gasteiger partial charge in [0.05, 0.1) is 12.7 Å². The smallest absolute Gasteiger partial charge is 0.120 e. The molecule has 0 spiro atoms. The lowest BCUT2D eigenvalue weighted by molar-refractivity contribution is 0.306. The van der Waals surface area contributed by atoms with Crippen molar-refractivity contribution >= 4 is 12.4 Å². The molecular weight excluding hydrogens is 310 g/mol. The maximum atomic E-state index is 5.86. The molecule has 0 unspecified atom stereocenters. The fourth-order valence-electron chi connectivity index (χ4n) is 2.27. The summed E-state index contributed by atoms with van der Waals surface area (Å²) < 4.78 is 7.72. The van der Waals surface area contributed by atoms with Gasteiger partial charge in [-0.1, -0.05) is 42.5 Å². The van der Waals surface area contributed by atoms with Crippen LogP contribution in [-0.2, 0) is 13.2 Å². The number of hydrogen-bond donors (Lipinski definition) is 1. The van der Waals surface area contributed by atoms with Crippen LogP contribution in [0.25, 0.3) is 11.1 Å². The predicted octanol–water partition coefficient (Wildman–Crippen LogP) is 3.51. The highest BCUT2D eigenvalue weighted by molar-refractivity contribution is 5.85. The van der Waals surface area contributed by atoms with Gasteiger partial charge in [-0.15, -0.1) is 12.4 Å². The van der Waals surface area contributed by atoms with Crippen LogP contribution in [0.3, 0.4) is 0 Å².